The van der Waals surface area contributed by atoms with Gasteiger partial charge in [0.2, 0.25) is 0 Å². The van der Waals surface area contributed by atoms with Crippen LogP contribution in [0.15, 0.2) is 30.3 Å². The van der Waals surface area contributed by atoms with Crippen LogP contribution in [0.25, 0.3) is 0 Å². The Morgan fingerprint density at radius 2 is 1.44 bits per heavy atom. The van der Waals surface area contributed by atoms with E-state index in [4.69, 9.17) is 23.2 Å². The first kappa shape index (κ1) is 13.5. The molecule has 2 aromatic rings. The molecule has 0 aliphatic carbocycles. The Balaban J connectivity index is 2.43. The second kappa shape index (κ2) is 5.34. The van der Waals surface area contributed by atoms with Gasteiger partial charge in [-0.25, -0.2) is 0 Å². The largest absolute Gasteiger partial charge is 0.0840 e. The van der Waals surface area contributed by atoms with E-state index in [-0.39, 0.29) is 0 Å². The van der Waals surface area contributed by atoms with E-state index in [1.54, 1.807) is 0 Å². The number of rotatable bonds is 2. The molecule has 0 aromatic heterocycles. The van der Waals surface area contributed by atoms with Crippen LogP contribution in [0, 0.1) is 20.8 Å². The lowest BCUT2D eigenvalue weighted by atomic mass is 9.97. The third-order valence-electron chi connectivity index (χ3n) is 3.18. The van der Waals surface area contributed by atoms with Crippen molar-refractivity contribution in [3.05, 3.63) is 68.2 Å². The molecule has 0 fully saturated rings. The number of aryl methyl sites for hydroxylation is 2. The molecule has 0 aliphatic heterocycles. The lowest BCUT2D eigenvalue weighted by Gasteiger charge is -2.11. The van der Waals surface area contributed by atoms with Gasteiger partial charge in [-0.1, -0.05) is 47.0 Å². The molecule has 0 saturated heterocycles. The molecular weight excluding hydrogens is 263 g/mol. The van der Waals surface area contributed by atoms with E-state index in [1.165, 1.54) is 16.7 Å². The van der Waals surface area contributed by atoms with Gasteiger partial charge in [-0.3, -0.25) is 0 Å². The fourth-order valence-electron chi connectivity index (χ4n) is 2.11. The van der Waals surface area contributed by atoms with Gasteiger partial charge in [0.1, 0.15) is 0 Å². The zero-order chi connectivity index (χ0) is 13.3. The maximum atomic E-state index is 6.25. The summed E-state index contributed by atoms with van der Waals surface area (Å²) in [4.78, 5) is 0. The van der Waals surface area contributed by atoms with Crippen LogP contribution in [0.2, 0.25) is 10.0 Å². The second-order valence-corrected chi connectivity index (χ2v) is 5.62. The first-order valence-corrected chi connectivity index (χ1v) is 6.73. The van der Waals surface area contributed by atoms with Crippen molar-refractivity contribution < 1.29 is 0 Å². The van der Waals surface area contributed by atoms with Crippen molar-refractivity contribution in [3.63, 3.8) is 0 Å². The molecule has 0 amide bonds. The minimum Gasteiger partial charge on any atom is -0.0840 e. The highest BCUT2D eigenvalue weighted by Gasteiger charge is 2.08. The SMILES string of the molecule is Cc1ccc(Cl)c(Cc2cc(C)cc(Cl)c2C)c1. The molecule has 0 radical (unpaired) electrons. The van der Waals surface area contributed by atoms with Crippen molar-refractivity contribution >= 4 is 23.2 Å². The molecular formula is C16H16Cl2. The molecule has 94 valence electrons. The number of benzene rings is 2. The van der Waals surface area contributed by atoms with Gasteiger partial charge in [0.25, 0.3) is 0 Å². The predicted octanol–water partition coefficient (Wildman–Crippen LogP) is 5.51. The van der Waals surface area contributed by atoms with E-state index < -0.39 is 0 Å². The van der Waals surface area contributed by atoms with Crippen molar-refractivity contribution in [1.82, 2.24) is 0 Å². The van der Waals surface area contributed by atoms with Crippen molar-refractivity contribution in [3.8, 4) is 0 Å². The van der Waals surface area contributed by atoms with E-state index in [2.05, 4.69) is 32.9 Å². The van der Waals surface area contributed by atoms with E-state index in [0.717, 1.165) is 27.6 Å². The summed E-state index contributed by atoms with van der Waals surface area (Å²) >= 11 is 12.5. The minimum atomic E-state index is 0.817. The molecule has 0 spiro atoms. The third kappa shape index (κ3) is 2.88. The molecule has 0 atom stereocenters. The summed E-state index contributed by atoms with van der Waals surface area (Å²) in [6.07, 6.45) is 0.827. The first-order chi connectivity index (χ1) is 8.47. The minimum absolute atomic E-state index is 0.817. The molecule has 0 unspecified atom stereocenters. The van der Waals surface area contributed by atoms with Crippen LogP contribution < -0.4 is 0 Å². The highest BCUT2D eigenvalue weighted by atomic mass is 35.5. The first-order valence-electron chi connectivity index (χ1n) is 5.98. The summed E-state index contributed by atoms with van der Waals surface area (Å²) in [5.41, 5.74) is 5.95. The van der Waals surface area contributed by atoms with Gasteiger partial charge >= 0.3 is 0 Å². The Morgan fingerprint density at radius 1 is 0.778 bits per heavy atom. The predicted molar refractivity (Wildman–Crippen MR) is 79.9 cm³/mol. The zero-order valence-electron chi connectivity index (χ0n) is 10.8. The zero-order valence-corrected chi connectivity index (χ0v) is 12.4. The van der Waals surface area contributed by atoms with E-state index in [1.807, 2.05) is 18.2 Å². The molecule has 0 bridgehead atoms. The Kier molecular flexibility index (Phi) is 3.99. The normalized spacial score (nSPS) is 10.7. The summed E-state index contributed by atoms with van der Waals surface area (Å²) in [5.74, 6) is 0. The lowest BCUT2D eigenvalue weighted by Crippen LogP contribution is -1.95. The summed E-state index contributed by atoms with van der Waals surface area (Å²) in [5, 5.41) is 1.64. The summed E-state index contributed by atoms with van der Waals surface area (Å²) in [6.45, 7) is 6.20. The molecule has 0 heterocycles. The quantitative estimate of drug-likeness (QED) is 0.680. The standard InChI is InChI=1S/C16H16Cl2/c1-10-4-5-15(17)14(6-10)9-13-7-11(2)8-16(18)12(13)3/h4-8H,9H2,1-3H3. The highest BCUT2D eigenvalue weighted by Crippen LogP contribution is 2.26. The molecule has 2 aromatic carbocycles. The van der Waals surface area contributed by atoms with Gasteiger partial charge in [0, 0.05) is 10.0 Å². The maximum Gasteiger partial charge on any atom is 0.0441 e. The van der Waals surface area contributed by atoms with Crippen LogP contribution in [0.3, 0.4) is 0 Å². The second-order valence-electron chi connectivity index (χ2n) is 4.80. The fourth-order valence-corrected chi connectivity index (χ4v) is 2.59. The highest BCUT2D eigenvalue weighted by molar-refractivity contribution is 6.32. The Labute approximate surface area is 119 Å². The summed E-state index contributed by atoms with van der Waals surface area (Å²) in [7, 11) is 0. The number of halogens is 2. The molecule has 2 heteroatoms. The topological polar surface area (TPSA) is 0 Å². The van der Waals surface area contributed by atoms with E-state index in [0.29, 0.717) is 0 Å². The van der Waals surface area contributed by atoms with Gasteiger partial charge in [0.15, 0.2) is 0 Å². The molecule has 18 heavy (non-hydrogen) atoms. The lowest BCUT2D eigenvalue weighted by molar-refractivity contribution is 1.14. The van der Waals surface area contributed by atoms with Crippen molar-refractivity contribution in [2.45, 2.75) is 27.2 Å². The van der Waals surface area contributed by atoms with Crippen molar-refractivity contribution in [2.75, 3.05) is 0 Å². The van der Waals surface area contributed by atoms with Gasteiger partial charge < -0.3 is 0 Å². The Hall–Kier alpha value is -0.980. The van der Waals surface area contributed by atoms with Crippen LogP contribution in [0.5, 0.6) is 0 Å². The molecule has 2 rings (SSSR count). The van der Waals surface area contributed by atoms with Gasteiger partial charge in [0.05, 0.1) is 0 Å². The van der Waals surface area contributed by atoms with Crippen molar-refractivity contribution in [2.24, 2.45) is 0 Å². The van der Waals surface area contributed by atoms with Gasteiger partial charge in [-0.2, -0.15) is 0 Å². The monoisotopic (exact) mass is 278 g/mol. The summed E-state index contributed by atoms with van der Waals surface area (Å²) in [6, 6.07) is 10.3. The van der Waals surface area contributed by atoms with Gasteiger partial charge in [-0.15, -0.1) is 0 Å². The number of hydrogen-bond donors (Lipinski definition) is 0. The van der Waals surface area contributed by atoms with E-state index >= 15 is 0 Å². The number of hydrogen-bond acceptors (Lipinski definition) is 0. The maximum absolute atomic E-state index is 6.25. The van der Waals surface area contributed by atoms with E-state index in [9.17, 15) is 0 Å². The average Bonchev–Trinajstić information content (AvgIpc) is 2.30. The molecule has 0 nitrogen and oxygen atoms in total. The fraction of sp³-hybridized carbons (Fsp3) is 0.250. The van der Waals surface area contributed by atoms with Crippen LogP contribution in [-0.2, 0) is 6.42 Å². The van der Waals surface area contributed by atoms with Gasteiger partial charge in [-0.05, 0) is 61.6 Å². The molecule has 0 aliphatic rings. The Morgan fingerprint density at radius 3 is 2.17 bits per heavy atom. The average molecular weight is 279 g/mol. The third-order valence-corrected chi connectivity index (χ3v) is 3.94. The Bertz CT molecular complexity index is 586. The van der Waals surface area contributed by atoms with Crippen molar-refractivity contribution in [1.29, 1.82) is 0 Å². The van der Waals surface area contributed by atoms with Crippen LogP contribution in [-0.4, -0.2) is 0 Å². The molecule has 0 N–H and O–H groups in total. The van der Waals surface area contributed by atoms with Crippen LogP contribution in [0.4, 0.5) is 0 Å². The smallest absolute Gasteiger partial charge is 0.0441 e. The van der Waals surface area contributed by atoms with Crippen LogP contribution in [0.1, 0.15) is 27.8 Å². The summed E-state index contributed by atoms with van der Waals surface area (Å²) < 4.78 is 0. The molecule has 0 saturated carbocycles. The van der Waals surface area contributed by atoms with Crippen LogP contribution >= 0.6 is 23.2 Å².